The molecule has 4 rings (SSSR count). The predicted octanol–water partition coefficient (Wildman–Crippen LogP) is 2.90. The first-order valence-corrected chi connectivity index (χ1v) is 9.14. The van der Waals surface area contributed by atoms with Crippen molar-refractivity contribution in [1.82, 2.24) is 15.1 Å². The molecule has 25 heavy (non-hydrogen) atoms. The van der Waals surface area contributed by atoms with Crippen molar-refractivity contribution in [2.45, 2.75) is 44.6 Å². The summed E-state index contributed by atoms with van der Waals surface area (Å²) in [7, 11) is 0. The van der Waals surface area contributed by atoms with Gasteiger partial charge in [-0.05, 0) is 37.7 Å². The lowest BCUT2D eigenvalue weighted by Gasteiger charge is -2.44. The molecule has 0 bridgehead atoms. The summed E-state index contributed by atoms with van der Waals surface area (Å²) in [5.74, 6) is -0.00905. The zero-order valence-corrected chi connectivity index (χ0v) is 14.2. The Hall–Kier alpha value is -2.37. The number of benzene rings is 1. The molecule has 6 heteroatoms. The Morgan fingerprint density at radius 2 is 1.96 bits per heavy atom. The topological polar surface area (TPSA) is 75.3 Å². The van der Waals surface area contributed by atoms with E-state index in [1.54, 1.807) is 0 Å². The van der Waals surface area contributed by atoms with Gasteiger partial charge in [-0.2, -0.15) is 5.10 Å². The molecule has 1 aromatic heterocycles. The van der Waals surface area contributed by atoms with Gasteiger partial charge in [0.1, 0.15) is 0 Å². The second kappa shape index (κ2) is 6.86. The SMILES string of the molecule is O=C(OCC(=O)N1CCC[C@@H]2CCCC[C@@H]21)c1n[nH]c2ccccc12. The lowest BCUT2D eigenvalue weighted by atomic mass is 9.78. The van der Waals surface area contributed by atoms with Crippen molar-refractivity contribution in [2.24, 2.45) is 5.92 Å². The average Bonchev–Trinajstić information content (AvgIpc) is 3.09. The highest BCUT2D eigenvalue weighted by atomic mass is 16.5. The minimum atomic E-state index is -0.553. The number of para-hydroxylation sites is 1. The lowest BCUT2D eigenvalue weighted by molar-refractivity contribution is -0.140. The molecule has 0 radical (unpaired) electrons. The number of aromatic nitrogens is 2. The maximum absolute atomic E-state index is 12.6. The number of esters is 1. The minimum Gasteiger partial charge on any atom is -0.451 e. The van der Waals surface area contributed by atoms with Gasteiger partial charge in [0.05, 0.1) is 5.52 Å². The highest BCUT2D eigenvalue weighted by Crippen LogP contribution is 2.35. The highest BCUT2D eigenvalue weighted by molar-refractivity contribution is 6.02. The first-order chi connectivity index (χ1) is 12.2. The summed E-state index contributed by atoms with van der Waals surface area (Å²) >= 11 is 0. The Balaban J connectivity index is 1.40. The van der Waals surface area contributed by atoms with Gasteiger partial charge in [0, 0.05) is 18.0 Å². The van der Waals surface area contributed by atoms with Crippen molar-refractivity contribution >= 4 is 22.8 Å². The summed E-state index contributed by atoms with van der Waals surface area (Å²) in [6, 6.07) is 7.71. The Morgan fingerprint density at radius 3 is 2.88 bits per heavy atom. The summed E-state index contributed by atoms with van der Waals surface area (Å²) in [5.41, 5.74) is 1.01. The maximum atomic E-state index is 12.6. The third-order valence-electron chi connectivity index (χ3n) is 5.55. The van der Waals surface area contributed by atoms with Gasteiger partial charge in [-0.3, -0.25) is 9.89 Å². The van der Waals surface area contributed by atoms with Crippen LogP contribution >= 0.6 is 0 Å². The van der Waals surface area contributed by atoms with Gasteiger partial charge in [0.25, 0.3) is 5.91 Å². The van der Waals surface area contributed by atoms with Crippen LogP contribution in [0.15, 0.2) is 24.3 Å². The highest BCUT2D eigenvalue weighted by Gasteiger charge is 2.35. The van der Waals surface area contributed by atoms with Crippen LogP contribution in [0.1, 0.15) is 49.0 Å². The second-order valence-electron chi connectivity index (χ2n) is 7.04. The number of rotatable bonds is 3. The Labute approximate surface area is 146 Å². The number of hydrogen-bond acceptors (Lipinski definition) is 4. The van der Waals surface area contributed by atoms with Crippen LogP contribution in [0.25, 0.3) is 10.9 Å². The number of piperidine rings is 1. The summed E-state index contributed by atoms with van der Waals surface area (Å²) in [4.78, 5) is 26.9. The fourth-order valence-electron chi connectivity index (χ4n) is 4.33. The molecule has 2 atom stereocenters. The monoisotopic (exact) mass is 341 g/mol. The summed E-state index contributed by atoms with van der Waals surface area (Å²) in [5, 5.41) is 7.55. The number of nitrogens with zero attached hydrogens (tertiary/aromatic N) is 2. The molecule has 6 nitrogen and oxygen atoms in total. The molecule has 2 fully saturated rings. The first-order valence-electron chi connectivity index (χ1n) is 9.14. The molecule has 0 spiro atoms. The van der Waals surface area contributed by atoms with E-state index >= 15 is 0 Å². The number of carbonyl (C=O) groups excluding carboxylic acids is 2. The third kappa shape index (κ3) is 3.13. The standard InChI is InChI=1S/C19H23N3O3/c23-17(22-11-5-7-13-6-1-4-10-16(13)22)12-25-19(24)18-14-8-2-3-9-15(14)20-21-18/h2-3,8-9,13,16H,1,4-7,10-12H2,(H,20,21)/t13-,16-/m0/s1. The third-order valence-corrected chi connectivity index (χ3v) is 5.55. The molecule has 1 aromatic carbocycles. The molecule has 1 aliphatic carbocycles. The van der Waals surface area contributed by atoms with Gasteiger partial charge >= 0.3 is 5.97 Å². The molecule has 1 saturated carbocycles. The number of likely N-dealkylation sites (tertiary alicyclic amines) is 1. The van der Waals surface area contributed by atoms with Gasteiger partial charge < -0.3 is 9.64 Å². The molecule has 1 aliphatic heterocycles. The quantitative estimate of drug-likeness (QED) is 0.871. The van der Waals surface area contributed by atoms with Gasteiger partial charge in [0.15, 0.2) is 12.3 Å². The van der Waals surface area contributed by atoms with Gasteiger partial charge in [0.2, 0.25) is 0 Å². The number of fused-ring (bicyclic) bond motifs is 2. The van der Waals surface area contributed by atoms with E-state index < -0.39 is 5.97 Å². The van der Waals surface area contributed by atoms with Crippen LogP contribution in [0.2, 0.25) is 0 Å². The normalized spacial score (nSPS) is 23.3. The van der Waals surface area contributed by atoms with Crippen LogP contribution < -0.4 is 0 Å². The van der Waals surface area contributed by atoms with E-state index in [1.165, 1.54) is 25.7 Å². The van der Waals surface area contributed by atoms with Crippen molar-refractivity contribution in [3.05, 3.63) is 30.0 Å². The maximum Gasteiger partial charge on any atom is 0.359 e. The average molecular weight is 341 g/mol. The van der Waals surface area contributed by atoms with E-state index in [0.29, 0.717) is 17.3 Å². The molecular weight excluding hydrogens is 318 g/mol. The number of ether oxygens (including phenoxy) is 1. The summed E-state index contributed by atoms with van der Waals surface area (Å²) in [6.07, 6.45) is 7.01. The minimum absolute atomic E-state index is 0.0789. The molecule has 132 valence electrons. The largest absolute Gasteiger partial charge is 0.451 e. The van der Waals surface area contributed by atoms with Crippen molar-refractivity contribution in [2.75, 3.05) is 13.2 Å². The van der Waals surface area contributed by atoms with E-state index in [2.05, 4.69) is 10.2 Å². The molecule has 1 N–H and O–H groups in total. The zero-order valence-electron chi connectivity index (χ0n) is 14.2. The number of carbonyl (C=O) groups is 2. The first kappa shape index (κ1) is 16.1. The molecule has 2 aromatic rings. The van der Waals surface area contributed by atoms with Crippen LogP contribution in [0, 0.1) is 5.92 Å². The fourth-order valence-corrected chi connectivity index (χ4v) is 4.33. The van der Waals surface area contributed by atoms with Crippen LogP contribution in [0.3, 0.4) is 0 Å². The Bertz CT molecular complexity index is 783. The van der Waals surface area contributed by atoms with E-state index in [-0.39, 0.29) is 18.2 Å². The van der Waals surface area contributed by atoms with E-state index in [9.17, 15) is 9.59 Å². The number of aromatic amines is 1. The van der Waals surface area contributed by atoms with Crippen molar-refractivity contribution in [1.29, 1.82) is 0 Å². The molecule has 1 amide bonds. The fraction of sp³-hybridized carbons (Fsp3) is 0.526. The number of hydrogen-bond donors (Lipinski definition) is 1. The molecule has 2 heterocycles. The molecule has 1 saturated heterocycles. The molecular formula is C19H23N3O3. The molecule has 2 aliphatic rings. The number of amides is 1. The van der Waals surface area contributed by atoms with Gasteiger partial charge in [-0.1, -0.05) is 31.0 Å². The smallest absolute Gasteiger partial charge is 0.359 e. The van der Waals surface area contributed by atoms with Crippen molar-refractivity contribution < 1.29 is 14.3 Å². The lowest BCUT2D eigenvalue weighted by Crippen LogP contribution is -2.50. The Kier molecular flexibility index (Phi) is 4.42. The van der Waals surface area contributed by atoms with Gasteiger partial charge in [-0.25, -0.2) is 4.79 Å². The number of H-pyrrole nitrogens is 1. The second-order valence-corrected chi connectivity index (χ2v) is 7.04. The molecule has 0 unspecified atom stereocenters. The van der Waals surface area contributed by atoms with Crippen LogP contribution in [0.4, 0.5) is 0 Å². The Morgan fingerprint density at radius 1 is 1.16 bits per heavy atom. The number of nitrogens with one attached hydrogen (secondary N) is 1. The van der Waals surface area contributed by atoms with Crippen molar-refractivity contribution in [3.8, 4) is 0 Å². The summed E-state index contributed by atoms with van der Waals surface area (Å²) < 4.78 is 5.28. The van der Waals surface area contributed by atoms with E-state index in [0.717, 1.165) is 24.9 Å². The summed E-state index contributed by atoms with van der Waals surface area (Å²) in [6.45, 7) is 0.576. The van der Waals surface area contributed by atoms with E-state index in [4.69, 9.17) is 4.74 Å². The van der Waals surface area contributed by atoms with Crippen LogP contribution in [-0.4, -0.2) is 46.2 Å². The van der Waals surface area contributed by atoms with Crippen LogP contribution in [-0.2, 0) is 9.53 Å². The predicted molar refractivity (Wildman–Crippen MR) is 93.1 cm³/mol. The van der Waals surface area contributed by atoms with Gasteiger partial charge in [-0.15, -0.1) is 0 Å². The van der Waals surface area contributed by atoms with E-state index in [1.807, 2.05) is 29.2 Å². The zero-order chi connectivity index (χ0) is 17.2. The van der Waals surface area contributed by atoms with Crippen molar-refractivity contribution in [3.63, 3.8) is 0 Å². The van der Waals surface area contributed by atoms with Crippen LogP contribution in [0.5, 0.6) is 0 Å².